The number of hydrogen-bond acceptors (Lipinski definition) is 3. The molecule has 0 bridgehead atoms. The Morgan fingerprint density at radius 2 is 1.46 bits per heavy atom. The summed E-state index contributed by atoms with van der Waals surface area (Å²) < 4.78 is 24.7. The lowest BCUT2D eigenvalue weighted by Gasteiger charge is -2.23. The Balaban J connectivity index is 1.82. The van der Waals surface area contributed by atoms with Crippen LogP contribution in [0.2, 0.25) is 0 Å². The molecule has 2 heterocycles. The van der Waals surface area contributed by atoms with Crippen molar-refractivity contribution in [2.75, 3.05) is 21.3 Å². The minimum absolute atomic E-state index is 0.0125. The molecule has 0 unspecified atom stereocenters. The number of nitrogens with zero attached hydrogens (tertiary/aromatic N) is 2. The van der Waals surface area contributed by atoms with E-state index in [2.05, 4.69) is 0 Å². The molecule has 136 valence electrons. The van der Waals surface area contributed by atoms with Gasteiger partial charge in [-0.05, 0) is 61.7 Å². The molecular weight excluding hydrogens is 348 g/mol. The zero-order chi connectivity index (χ0) is 18.6. The van der Waals surface area contributed by atoms with E-state index in [4.69, 9.17) is 0 Å². The molecule has 2 aliphatic rings. The number of fused-ring (bicyclic) bond motifs is 1. The van der Waals surface area contributed by atoms with Crippen molar-refractivity contribution in [1.82, 2.24) is 0 Å². The van der Waals surface area contributed by atoms with Crippen LogP contribution in [0.4, 0.5) is 16.2 Å². The molecule has 0 aliphatic carbocycles. The minimum Gasteiger partial charge on any atom is -0.288 e. The average molecular weight is 370 g/mol. The number of carbonyl (C=O) groups excluding carboxylic acids is 1. The lowest BCUT2D eigenvalue weighted by atomic mass is 10.1. The third kappa shape index (κ3) is 2.69. The van der Waals surface area contributed by atoms with Crippen LogP contribution in [0, 0.1) is 20.8 Å². The number of hydrogen-bond donors (Lipinski definition) is 0. The Morgan fingerprint density at radius 1 is 0.846 bits per heavy atom. The standard InChI is InChI=1S/C20H22N2O3S/c1-13-5-4-6-16(9-13)21-18-11-26(24,25)12-19(18)22(20(21)23)17-8-7-14(2)15(3)10-17/h4-10,18-19H,11-12H2,1-3H3/t18-,19-/m0/s1. The van der Waals surface area contributed by atoms with Crippen LogP contribution in [-0.4, -0.2) is 38.0 Å². The van der Waals surface area contributed by atoms with E-state index >= 15 is 0 Å². The van der Waals surface area contributed by atoms with Crippen molar-refractivity contribution in [3.8, 4) is 0 Å². The topological polar surface area (TPSA) is 57.7 Å². The van der Waals surface area contributed by atoms with Gasteiger partial charge in [0, 0.05) is 11.4 Å². The molecule has 0 spiro atoms. The summed E-state index contributed by atoms with van der Waals surface area (Å²) >= 11 is 0. The first-order chi connectivity index (χ1) is 12.3. The van der Waals surface area contributed by atoms with Gasteiger partial charge in [0.15, 0.2) is 9.84 Å². The number of urea groups is 1. The highest BCUT2D eigenvalue weighted by molar-refractivity contribution is 7.91. The summed E-state index contributed by atoms with van der Waals surface area (Å²) in [4.78, 5) is 16.6. The van der Waals surface area contributed by atoms with Gasteiger partial charge < -0.3 is 0 Å². The molecule has 2 aromatic rings. The molecule has 2 amide bonds. The lowest BCUT2D eigenvalue weighted by molar-refractivity contribution is 0.255. The Hall–Kier alpha value is -2.34. The first-order valence-corrected chi connectivity index (χ1v) is 10.6. The molecule has 0 aromatic heterocycles. The number of benzene rings is 2. The number of aryl methyl sites for hydroxylation is 3. The van der Waals surface area contributed by atoms with Gasteiger partial charge in [-0.1, -0.05) is 18.2 Å². The summed E-state index contributed by atoms with van der Waals surface area (Å²) in [6, 6.07) is 12.7. The Bertz CT molecular complexity index is 1000. The number of amides is 2. The van der Waals surface area contributed by atoms with Crippen LogP contribution >= 0.6 is 0 Å². The van der Waals surface area contributed by atoms with Crippen molar-refractivity contribution < 1.29 is 13.2 Å². The van der Waals surface area contributed by atoms with Gasteiger partial charge in [0.25, 0.3) is 0 Å². The van der Waals surface area contributed by atoms with Crippen molar-refractivity contribution in [2.24, 2.45) is 0 Å². The molecule has 6 heteroatoms. The van der Waals surface area contributed by atoms with E-state index in [0.29, 0.717) is 0 Å². The number of carbonyl (C=O) groups is 1. The van der Waals surface area contributed by atoms with E-state index < -0.39 is 9.84 Å². The summed E-state index contributed by atoms with van der Waals surface area (Å²) in [5, 5.41) is 0. The number of rotatable bonds is 2. The van der Waals surface area contributed by atoms with Gasteiger partial charge in [-0.25, -0.2) is 13.2 Å². The molecule has 2 aliphatic heterocycles. The van der Waals surface area contributed by atoms with E-state index in [0.717, 1.165) is 28.1 Å². The van der Waals surface area contributed by atoms with Crippen molar-refractivity contribution in [3.05, 3.63) is 59.2 Å². The Kier molecular flexibility index (Phi) is 3.84. The van der Waals surface area contributed by atoms with Crippen LogP contribution in [0.25, 0.3) is 0 Å². The highest BCUT2D eigenvalue weighted by Crippen LogP contribution is 2.38. The molecule has 2 atom stereocenters. The zero-order valence-electron chi connectivity index (χ0n) is 15.1. The fraction of sp³-hybridized carbons (Fsp3) is 0.350. The summed E-state index contributed by atoms with van der Waals surface area (Å²) in [6.45, 7) is 5.99. The first-order valence-electron chi connectivity index (χ1n) is 8.73. The van der Waals surface area contributed by atoms with Crippen molar-refractivity contribution in [2.45, 2.75) is 32.9 Å². The van der Waals surface area contributed by atoms with Crippen LogP contribution < -0.4 is 9.80 Å². The third-order valence-electron chi connectivity index (χ3n) is 5.42. The Morgan fingerprint density at radius 3 is 2.04 bits per heavy atom. The second-order valence-electron chi connectivity index (χ2n) is 7.34. The number of sulfone groups is 1. The van der Waals surface area contributed by atoms with E-state index in [1.165, 1.54) is 0 Å². The summed E-state index contributed by atoms with van der Waals surface area (Å²) in [5.74, 6) is 0.0251. The van der Waals surface area contributed by atoms with Gasteiger partial charge in [-0.3, -0.25) is 9.80 Å². The van der Waals surface area contributed by atoms with E-state index in [-0.39, 0.29) is 29.6 Å². The van der Waals surface area contributed by atoms with Crippen molar-refractivity contribution >= 4 is 27.2 Å². The van der Waals surface area contributed by atoms with Crippen LogP contribution in [-0.2, 0) is 9.84 Å². The van der Waals surface area contributed by atoms with E-state index in [1.807, 2.05) is 63.2 Å². The molecule has 0 N–H and O–H groups in total. The fourth-order valence-corrected chi connectivity index (χ4v) is 5.88. The van der Waals surface area contributed by atoms with Crippen molar-refractivity contribution in [3.63, 3.8) is 0 Å². The zero-order valence-corrected chi connectivity index (χ0v) is 16.0. The quantitative estimate of drug-likeness (QED) is 0.763. The summed E-state index contributed by atoms with van der Waals surface area (Å²) in [6.07, 6.45) is 0. The molecule has 2 aromatic carbocycles. The minimum atomic E-state index is -3.17. The summed E-state index contributed by atoms with van der Waals surface area (Å²) in [7, 11) is -3.17. The van der Waals surface area contributed by atoms with Crippen LogP contribution in [0.1, 0.15) is 16.7 Å². The molecule has 4 rings (SSSR count). The van der Waals surface area contributed by atoms with Gasteiger partial charge >= 0.3 is 6.03 Å². The second-order valence-corrected chi connectivity index (χ2v) is 9.50. The average Bonchev–Trinajstić information content (AvgIpc) is 2.99. The molecule has 0 saturated carbocycles. The maximum atomic E-state index is 13.3. The van der Waals surface area contributed by atoms with Gasteiger partial charge in [-0.15, -0.1) is 0 Å². The predicted octanol–water partition coefficient (Wildman–Crippen LogP) is 3.22. The molecule has 2 fully saturated rings. The highest BCUT2D eigenvalue weighted by atomic mass is 32.2. The van der Waals surface area contributed by atoms with Crippen molar-refractivity contribution in [1.29, 1.82) is 0 Å². The monoisotopic (exact) mass is 370 g/mol. The van der Waals surface area contributed by atoms with E-state index in [9.17, 15) is 13.2 Å². The number of anilines is 2. The van der Waals surface area contributed by atoms with Gasteiger partial charge in [-0.2, -0.15) is 0 Å². The predicted molar refractivity (Wildman–Crippen MR) is 104 cm³/mol. The lowest BCUT2D eigenvalue weighted by Crippen LogP contribution is -2.38. The smallest absolute Gasteiger partial charge is 0.288 e. The van der Waals surface area contributed by atoms with Gasteiger partial charge in [0.2, 0.25) is 0 Å². The molecule has 26 heavy (non-hydrogen) atoms. The van der Waals surface area contributed by atoms with Crippen LogP contribution in [0.5, 0.6) is 0 Å². The van der Waals surface area contributed by atoms with Crippen LogP contribution in [0.3, 0.4) is 0 Å². The fourth-order valence-electron chi connectivity index (χ4n) is 3.96. The third-order valence-corrected chi connectivity index (χ3v) is 7.12. The molecule has 0 radical (unpaired) electrons. The van der Waals surface area contributed by atoms with E-state index in [1.54, 1.807) is 9.80 Å². The Labute approximate surface area is 154 Å². The van der Waals surface area contributed by atoms with Gasteiger partial charge in [0.1, 0.15) is 0 Å². The van der Waals surface area contributed by atoms with Crippen LogP contribution in [0.15, 0.2) is 42.5 Å². The first kappa shape index (κ1) is 17.1. The summed E-state index contributed by atoms with van der Waals surface area (Å²) in [5.41, 5.74) is 4.79. The molecular formula is C20H22N2O3S. The largest absolute Gasteiger partial charge is 0.329 e. The SMILES string of the molecule is Cc1cccc(N2C(=O)N(c3ccc(C)c(C)c3)[C@H]3CS(=O)(=O)C[C@@H]32)c1. The molecule has 5 nitrogen and oxygen atoms in total. The maximum absolute atomic E-state index is 13.3. The second kappa shape index (κ2) is 5.84. The highest BCUT2D eigenvalue weighted by Gasteiger charge is 2.54. The molecule has 2 saturated heterocycles. The maximum Gasteiger partial charge on any atom is 0.329 e. The van der Waals surface area contributed by atoms with Gasteiger partial charge in [0.05, 0.1) is 23.6 Å². The normalized spacial score (nSPS) is 24.2.